The fourth-order valence-electron chi connectivity index (χ4n) is 4.49. The van der Waals surface area contributed by atoms with E-state index in [0.29, 0.717) is 35.9 Å². The number of nitrogens with two attached hydrogens (primary N) is 1. The van der Waals surface area contributed by atoms with Crippen LogP contribution in [0, 0.1) is 29.6 Å². The van der Waals surface area contributed by atoms with Crippen molar-refractivity contribution in [3.8, 4) is 11.8 Å². The Hall–Kier alpha value is -4.00. The number of fused-ring (bicyclic) bond motifs is 1. The van der Waals surface area contributed by atoms with Gasteiger partial charge in [-0.15, -0.1) is 0 Å². The van der Waals surface area contributed by atoms with Gasteiger partial charge in [0.25, 0.3) is 11.8 Å². The van der Waals surface area contributed by atoms with Crippen molar-refractivity contribution in [1.82, 2.24) is 15.3 Å². The molecule has 1 saturated heterocycles. The number of carbonyl (C=O) groups is 2. The molecule has 0 radical (unpaired) electrons. The molecule has 0 bridgehead atoms. The second-order valence-corrected chi connectivity index (χ2v) is 8.33. The van der Waals surface area contributed by atoms with Crippen LogP contribution < -0.4 is 11.1 Å². The van der Waals surface area contributed by atoms with Crippen molar-refractivity contribution >= 4 is 17.7 Å². The molecule has 3 aliphatic rings. The van der Waals surface area contributed by atoms with E-state index in [2.05, 4.69) is 32.1 Å². The van der Waals surface area contributed by atoms with Crippen LogP contribution in [0.2, 0.25) is 0 Å². The van der Waals surface area contributed by atoms with Gasteiger partial charge in [-0.3, -0.25) is 9.59 Å². The largest absolute Gasteiger partial charge is 0.496 e. The van der Waals surface area contributed by atoms with E-state index in [9.17, 15) is 14.0 Å². The molecule has 10 heteroatoms. The Bertz CT molecular complexity index is 1180. The standard InChI is InChI=1S/C25H26FN5O4/c1-3-15-19(31-24(33)22(15)26)7-10-35-25-17-12-20(34-2)18(23(27)32)11-16(17)14(13-30-25)5-6-21-28-8-4-9-29-21/h4,8-9,11-13,15-17,19,22H,3,7,10H2,1-2H3,(H2,27,32)(H,31,33)/t15-,16?,17?,19+,22-/m0/s1. The highest BCUT2D eigenvalue weighted by molar-refractivity contribution is 5.97. The summed E-state index contributed by atoms with van der Waals surface area (Å²) >= 11 is 0. The molecule has 1 fully saturated rings. The number of alkyl halides is 1. The van der Waals surface area contributed by atoms with Gasteiger partial charge in [-0.2, -0.15) is 0 Å². The SMILES string of the molecule is CC[C@@H]1[C@H](F)C(=O)N[C@@H]1CCOC1=NC=C(C#Cc2ncccn2)C2C=C(C(N)=O)C(OC)=CC12. The lowest BCUT2D eigenvalue weighted by molar-refractivity contribution is -0.124. The van der Waals surface area contributed by atoms with E-state index >= 15 is 0 Å². The number of aromatic nitrogens is 2. The van der Waals surface area contributed by atoms with Crippen LogP contribution in [0.3, 0.4) is 0 Å². The molecule has 4 rings (SSSR count). The van der Waals surface area contributed by atoms with Crippen LogP contribution in [0.15, 0.2) is 58.7 Å². The van der Waals surface area contributed by atoms with E-state index in [1.54, 1.807) is 36.8 Å². The third-order valence-electron chi connectivity index (χ3n) is 6.30. The molecule has 2 unspecified atom stereocenters. The number of ether oxygens (including phenoxy) is 2. The molecular formula is C25H26FN5O4. The summed E-state index contributed by atoms with van der Waals surface area (Å²) in [4.78, 5) is 36.4. The zero-order valence-electron chi connectivity index (χ0n) is 19.4. The lowest BCUT2D eigenvalue weighted by atomic mass is 9.78. The molecule has 2 amide bonds. The molecule has 1 aromatic rings. The van der Waals surface area contributed by atoms with Gasteiger partial charge in [-0.05, 0) is 24.5 Å². The average molecular weight is 480 g/mol. The van der Waals surface area contributed by atoms with Crippen LogP contribution >= 0.6 is 0 Å². The maximum absolute atomic E-state index is 14.1. The molecule has 1 aliphatic carbocycles. The van der Waals surface area contributed by atoms with Gasteiger partial charge < -0.3 is 20.5 Å². The zero-order chi connectivity index (χ0) is 24.9. The lowest BCUT2D eigenvalue weighted by Crippen LogP contribution is -2.34. The number of primary amides is 1. The smallest absolute Gasteiger partial charge is 0.255 e. The monoisotopic (exact) mass is 479 g/mol. The summed E-state index contributed by atoms with van der Waals surface area (Å²) < 4.78 is 25.5. The number of nitrogens with one attached hydrogen (secondary N) is 1. The van der Waals surface area contributed by atoms with E-state index in [4.69, 9.17) is 15.2 Å². The molecule has 9 nitrogen and oxygen atoms in total. The number of amides is 2. The van der Waals surface area contributed by atoms with Gasteiger partial charge in [0.2, 0.25) is 5.82 Å². The predicted octanol–water partition coefficient (Wildman–Crippen LogP) is 1.58. The number of rotatable bonds is 6. The van der Waals surface area contributed by atoms with Crippen molar-refractivity contribution in [2.24, 2.45) is 28.5 Å². The molecule has 5 atom stereocenters. The Morgan fingerprint density at radius 3 is 2.69 bits per heavy atom. The van der Waals surface area contributed by atoms with Crippen LogP contribution in [-0.2, 0) is 19.1 Å². The van der Waals surface area contributed by atoms with Crippen LogP contribution in [0.5, 0.6) is 0 Å². The topological polar surface area (TPSA) is 129 Å². The number of allylic oxidation sites excluding steroid dienone is 2. The van der Waals surface area contributed by atoms with Gasteiger partial charge in [0.15, 0.2) is 12.1 Å². The summed E-state index contributed by atoms with van der Waals surface area (Å²) in [5.74, 6) is 4.69. The number of nitrogens with zero attached hydrogens (tertiary/aromatic N) is 3. The lowest BCUT2D eigenvalue weighted by Gasteiger charge is -2.31. The molecule has 0 spiro atoms. The van der Waals surface area contributed by atoms with Gasteiger partial charge in [-0.1, -0.05) is 18.9 Å². The maximum Gasteiger partial charge on any atom is 0.255 e. The van der Waals surface area contributed by atoms with Gasteiger partial charge in [0.1, 0.15) is 5.76 Å². The van der Waals surface area contributed by atoms with Crippen molar-refractivity contribution < 1.29 is 23.5 Å². The number of aliphatic imine (C=N–C) groups is 1. The first-order chi connectivity index (χ1) is 16.9. The molecular weight excluding hydrogens is 453 g/mol. The Kier molecular flexibility index (Phi) is 7.25. The quantitative estimate of drug-likeness (QED) is 0.596. The van der Waals surface area contributed by atoms with Crippen molar-refractivity contribution in [3.63, 3.8) is 0 Å². The molecule has 0 saturated carbocycles. The summed E-state index contributed by atoms with van der Waals surface area (Å²) in [6, 6.07) is 1.39. The van der Waals surface area contributed by atoms with Crippen molar-refractivity contribution in [2.75, 3.05) is 13.7 Å². The number of carbonyl (C=O) groups excluding carboxylic acids is 2. The summed E-state index contributed by atoms with van der Waals surface area (Å²) in [7, 11) is 1.45. The minimum absolute atomic E-state index is 0.228. The molecule has 3 N–H and O–H groups in total. The first kappa shape index (κ1) is 24.1. The van der Waals surface area contributed by atoms with Crippen LogP contribution in [0.4, 0.5) is 4.39 Å². The van der Waals surface area contributed by atoms with Crippen molar-refractivity contribution in [3.05, 3.63) is 59.5 Å². The highest BCUT2D eigenvalue weighted by Crippen LogP contribution is 2.37. The summed E-state index contributed by atoms with van der Waals surface area (Å²) in [5, 5.41) is 2.70. The molecule has 1 aromatic heterocycles. The number of halogens is 1. The third-order valence-corrected chi connectivity index (χ3v) is 6.30. The van der Waals surface area contributed by atoms with E-state index in [1.165, 1.54) is 7.11 Å². The number of hydrogen-bond donors (Lipinski definition) is 2. The van der Waals surface area contributed by atoms with E-state index in [0.717, 1.165) is 0 Å². The van der Waals surface area contributed by atoms with Gasteiger partial charge in [-0.25, -0.2) is 19.4 Å². The van der Waals surface area contributed by atoms with Gasteiger partial charge in [0.05, 0.1) is 25.2 Å². The predicted molar refractivity (Wildman–Crippen MR) is 125 cm³/mol. The second-order valence-electron chi connectivity index (χ2n) is 8.33. The van der Waals surface area contributed by atoms with E-state index in [1.807, 2.05) is 6.92 Å². The van der Waals surface area contributed by atoms with Crippen molar-refractivity contribution in [1.29, 1.82) is 0 Å². The van der Waals surface area contributed by atoms with E-state index in [-0.39, 0.29) is 30.1 Å². The van der Waals surface area contributed by atoms with Crippen LogP contribution in [0.1, 0.15) is 25.6 Å². The number of methoxy groups -OCH3 is 1. The minimum Gasteiger partial charge on any atom is -0.496 e. The van der Waals surface area contributed by atoms with Crippen LogP contribution in [0.25, 0.3) is 0 Å². The molecule has 182 valence electrons. The molecule has 3 heterocycles. The Balaban J connectivity index is 1.56. The fraction of sp³-hybridized carbons (Fsp3) is 0.400. The highest BCUT2D eigenvalue weighted by atomic mass is 19.1. The summed E-state index contributed by atoms with van der Waals surface area (Å²) in [6.07, 6.45) is 7.70. The third kappa shape index (κ3) is 5.09. The first-order valence-electron chi connectivity index (χ1n) is 11.3. The Labute approximate surface area is 202 Å². The normalized spacial score (nSPS) is 27.2. The Morgan fingerprint density at radius 1 is 1.23 bits per heavy atom. The van der Waals surface area contributed by atoms with Crippen molar-refractivity contribution in [2.45, 2.75) is 32.0 Å². The van der Waals surface area contributed by atoms with Crippen LogP contribution in [-0.4, -0.2) is 53.6 Å². The van der Waals surface area contributed by atoms with Gasteiger partial charge >= 0.3 is 0 Å². The minimum atomic E-state index is -1.50. The zero-order valence-corrected chi connectivity index (χ0v) is 19.4. The molecule has 2 aliphatic heterocycles. The second kappa shape index (κ2) is 10.5. The number of hydrogen-bond acceptors (Lipinski definition) is 7. The Morgan fingerprint density at radius 2 is 2.00 bits per heavy atom. The average Bonchev–Trinajstić information content (AvgIpc) is 3.15. The highest BCUT2D eigenvalue weighted by Gasteiger charge is 2.41. The molecule has 0 aromatic carbocycles. The molecule has 35 heavy (non-hydrogen) atoms. The fourth-order valence-corrected chi connectivity index (χ4v) is 4.49. The first-order valence-corrected chi connectivity index (χ1v) is 11.3. The van der Waals surface area contributed by atoms with E-state index < -0.39 is 23.9 Å². The summed E-state index contributed by atoms with van der Waals surface area (Å²) in [5.41, 5.74) is 6.44. The van der Waals surface area contributed by atoms with Gasteiger partial charge in [0, 0.05) is 48.5 Å². The maximum atomic E-state index is 14.1. The summed E-state index contributed by atoms with van der Waals surface area (Å²) in [6.45, 7) is 2.09.